The van der Waals surface area contributed by atoms with Crippen molar-refractivity contribution in [3.8, 4) is 5.75 Å². The second-order valence-corrected chi connectivity index (χ2v) is 7.05. The van der Waals surface area contributed by atoms with Gasteiger partial charge in [-0.3, -0.25) is 24.7 Å². The van der Waals surface area contributed by atoms with E-state index in [4.69, 9.17) is 4.74 Å². The molecule has 29 heavy (non-hydrogen) atoms. The number of hydrogen-bond acceptors (Lipinski definition) is 5. The number of imide groups is 1. The molecule has 0 saturated carbocycles. The van der Waals surface area contributed by atoms with E-state index in [0.29, 0.717) is 37.1 Å². The number of urea groups is 1. The molecule has 4 amide bonds. The molecule has 2 aliphatic heterocycles. The molecule has 2 aliphatic rings. The van der Waals surface area contributed by atoms with Crippen molar-refractivity contribution in [1.29, 1.82) is 0 Å². The highest BCUT2D eigenvalue weighted by Gasteiger charge is 2.25. The summed E-state index contributed by atoms with van der Waals surface area (Å²) >= 11 is 0. The third kappa shape index (κ3) is 6.19. The molecule has 0 aromatic heterocycles. The topological polar surface area (TPSA) is 82.2 Å². The first-order chi connectivity index (χ1) is 13.9. The van der Waals surface area contributed by atoms with E-state index in [1.807, 2.05) is 18.7 Å². The molecule has 8 nitrogen and oxygen atoms in total. The van der Waals surface area contributed by atoms with E-state index in [1.54, 1.807) is 24.3 Å². The van der Waals surface area contributed by atoms with Gasteiger partial charge in [-0.05, 0) is 26.0 Å². The molecule has 1 aromatic rings. The maximum Gasteiger partial charge on any atom is 0.328 e. The molecule has 0 unspecified atom stereocenters. The molecule has 2 fully saturated rings. The fraction of sp³-hybridized carbons (Fsp3) is 0.571. The van der Waals surface area contributed by atoms with Crippen molar-refractivity contribution in [1.82, 2.24) is 15.1 Å². The number of benzene rings is 1. The summed E-state index contributed by atoms with van der Waals surface area (Å²) in [5, 5.41) is 2.29. The van der Waals surface area contributed by atoms with E-state index in [2.05, 4.69) is 24.1 Å². The molecular formula is C21H32N4O4. The average Bonchev–Trinajstić information content (AvgIpc) is 2.73. The zero-order valence-corrected chi connectivity index (χ0v) is 17.8. The summed E-state index contributed by atoms with van der Waals surface area (Å²) in [5.74, 6) is 0.211. The Kier molecular flexibility index (Phi) is 8.45. The third-order valence-corrected chi connectivity index (χ3v) is 4.94. The highest BCUT2D eigenvalue weighted by molar-refractivity contribution is 6.05. The molecule has 160 valence electrons. The zero-order chi connectivity index (χ0) is 21.4. The van der Waals surface area contributed by atoms with E-state index in [0.717, 1.165) is 13.1 Å². The van der Waals surface area contributed by atoms with E-state index in [1.165, 1.54) is 4.90 Å². The first kappa shape index (κ1) is 22.7. The number of hydrogen-bond donors (Lipinski definition) is 1. The molecule has 0 radical (unpaired) electrons. The van der Waals surface area contributed by atoms with E-state index in [-0.39, 0.29) is 24.8 Å². The number of amides is 4. The first-order valence-electron chi connectivity index (χ1n) is 10.3. The normalized spacial score (nSPS) is 17.6. The summed E-state index contributed by atoms with van der Waals surface area (Å²) in [6.45, 7) is 11.8. The number of anilines is 1. The van der Waals surface area contributed by atoms with Crippen LogP contribution < -0.4 is 15.0 Å². The number of piperazine rings is 1. The maximum atomic E-state index is 12.4. The fourth-order valence-corrected chi connectivity index (χ4v) is 3.28. The molecule has 0 spiro atoms. The van der Waals surface area contributed by atoms with Crippen molar-refractivity contribution in [2.24, 2.45) is 0 Å². The van der Waals surface area contributed by atoms with Gasteiger partial charge in [-0.1, -0.05) is 19.9 Å². The molecule has 3 rings (SSSR count). The minimum absolute atomic E-state index is 0.0319. The van der Waals surface area contributed by atoms with Crippen LogP contribution in [0, 0.1) is 0 Å². The van der Waals surface area contributed by atoms with Crippen LogP contribution in [0.4, 0.5) is 10.5 Å². The SMILES string of the molecule is CC.CC(C)N1CCN(C(=O)COc2cccc(N3CCC(=O)NC3=O)c2)CC1. The molecule has 1 aromatic carbocycles. The quantitative estimate of drug-likeness (QED) is 0.813. The summed E-state index contributed by atoms with van der Waals surface area (Å²) in [5.41, 5.74) is 0.635. The lowest BCUT2D eigenvalue weighted by Crippen LogP contribution is -2.51. The molecule has 2 heterocycles. The number of nitrogens with one attached hydrogen (secondary N) is 1. The van der Waals surface area contributed by atoms with Gasteiger partial charge in [0.25, 0.3) is 5.91 Å². The summed E-state index contributed by atoms with van der Waals surface area (Å²) in [7, 11) is 0. The third-order valence-electron chi connectivity index (χ3n) is 4.94. The smallest absolute Gasteiger partial charge is 0.328 e. The average molecular weight is 405 g/mol. The van der Waals surface area contributed by atoms with Crippen molar-refractivity contribution in [3.05, 3.63) is 24.3 Å². The van der Waals surface area contributed by atoms with Gasteiger partial charge < -0.3 is 9.64 Å². The van der Waals surface area contributed by atoms with Crippen molar-refractivity contribution in [3.63, 3.8) is 0 Å². The van der Waals surface area contributed by atoms with Gasteiger partial charge in [0.2, 0.25) is 5.91 Å². The Balaban J connectivity index is 0.00000145. The van der Waals surface area contributed by atoms with Crippen LogP contribution in [0.15, 0.2) is 24.3 Å². The van der Waals surface area contributed by atoms with Crippen LogP contribution in [0.1, 0.15) is 34.1 Å². The lowest BCUT2D eigenvalue weighted by Gasteiger charge is -2.36. The van der Waals surface area contributed by atoms with Crippen LogP contribution in [0.2, 0.25) is 0 Å². The Morgan fingerprint density at radius 1 is 1.10 bits per heavy atom. The Bertz CT molecular complexity index is 714. The first-order valence-corrected chi connectivity index (χ1v) is 10.3. The van der Waals surface area contributed by atoms with Gasteiger partial charge in [0.1, 0.15) is 5.75 Å². The Morgan fingerprint density at radius 2 is 1.79 bits per heavy atom. The minimum Gasteiger partial charge on any atom is -0.484 e. The van der Waals surface area contributed by atoms with Gasteiger partial charge in [-0.15, -0.1) is 0 Å². The van der Waals surface area contributed by atoms with Crippen molar-refractivity contribution >= 4 is 23.5 Å². The number of ether oxygens (including phenoxy) is 1. The molecule has 1 N–H and O–H groups in total. The second-order valence-electron chi connectivity index (χ2n) is 7.05. The summed E-state index contributed by atoms with van der Waals surface area (Å²) in [6.07, 6.45) is 0.262. The van der Waals surface area contributed by atoms with Crippen LogP contribution in [0.25, 0.3) is 0 Å². The highest BCUT2D eigenvalue weighted by Crippen LogP contribution is 2.23. The second kappa shape index (κ2) is 10.8. The Labute approximate surface area is 172 Å². The van der Waals surface area contributed by atoms with Crippen molar-refractivity contribution in [2.45, 2.75) is 40.2 Å². The number of nitrogens with zero attached hydrogens (tertiary/aromatic N) is 3. The summed E-state index contributed by atoms with van der Waals surface area (Å²) in [4.78, 5) is 41.3. The number of carbonyl (C=O) groups is 3. The number of carbonyl (C=O) groups excluding carboxylic acids is 3. The Hall–Kier alpha value is -2.61. The van der Waals surface area contributed by atoms with Gasteiger partial charge in [0.05, 0.1) is 0 Å². The van der Waals surface area contributed by atoms with E-state index < -0.39 is 6.03 Å². The highest BCUT2D eigenvalue weighted by atomic mass is 16.5. The van der Waals surface area contributed by atoms with Crippen LogP contribution in [-0.2, 0) is 9.59 Å². The van der Waals surface area contributed by atoms with Crippen LogP contribution in [0.5, 0.6) is 5.75 Å². The minimum atomic E-state index is -0.442. The molecule has 2 saturated heterocycles. The van der Waals surface area contributed by atoms with Crippen LogP contribution in [-0.4, -0.2) is 73.0 Å². The van der Waals surface area contributed by atoms with Gasteiger partial charge in [0.15, 0.2) is 6.61 Å². The Morgan fingerprint density at radius 3 is 2.41 bits per heavy atom. The van der Waals surface area contributed by atoms with Crippen LogP contribution in [0.3, 0.4) is 0 Å². The van der Waals surface area contributed by atoms with Gasteiger partial charge in [-0.2, -0.15) is 0 Å². The molecule has 0 atom stereocenters. The lowest BCUT2D eigenvalue weighted by atomic mass is 10.2. The van der Waals surface area contributed by atoms with E-state index in [9.17, 15) is 14.4 Å². The number of rotatable bonds is 5. The van der Waals surface area contributed by atoms with Gasteiger partial charge >= 0.3 is 6.03 Å². The van der Waals surface area contributed by atoms with Crippen LogP contribution >= 0.6 is 0 Å². The monoisotopic (exact) mass is 404 g/mol. The van der Waals surface area contributed by atoms with Crippen molar-refractivity contribution in [2.75, 3.05) is 44.2 Å². The van der Waals surface area contributed by atoms with E-state index >= 15 is 0 Å². The predicted molar refractivity (Wildman–Crippen MR) is 112 cm³/mol. The summed E-state index contributed by atoms with van der Waals surface area (Å²) < 4.78 is 5.65. The van der Waals surface area contributed by atoms with Gasteiger partial charge in [-0.25, -0.2) is 4.79 Å². The standard InChI is InChI=1S/C19H26N4O4.C2H6/c1-14(2)21-8-10-22(11-9-21)18(25)13-27-16-5-3-4-15(12-16)23-7-6-17(24)20-19(23)26;1-2/h3-5,12,14H,6-11,13H2,1-2H3,(H,20,24,26);1-2H3. The predicted octanol–water partition coefficient (Wildman–Crippen LogP) is 2.09. The zero-order valence-electron chi connectivity index (χ0n) is 17.8. The molecule has 8 heteroatoms. The van der Waals surface area contributed by atoms with Gasteiger partial charge in [0, 0.05) is 56.9 Å². The molecule has 0 aliphatic carbocycles. The largest absolute Gasteiger partial charge is 0.484 e. The molecule has 0 bridgehead atoms. The maximum absolute atomic E-state index is 12.4. The lowest BCUT2D eigenvalue weighted by molar-refractivity contribution is -0.135. The molecular weight excluding hydrogens is 372 g/mol. The van der Waals surface area contributed by atoms with Crippen molar-refractivity contribution < 1.29 is 19.1 Å². The summed E-state index contributed by atoms with van der Waals surface area (Å²) in [6, 6.07) is 7.04. The fourth-order valence-electron chi connectivity index (χ4n) is 3.28.